The highest BCUT2D eigenvalue weighted by Gasteiger charge is 2.70. The van der Waals surface area contributed by atoms with Crippen LogP contribution in [0.3, 0.4) is 0 Å². The van der Waals surface area contributed by atoms with Crippen LogP contribution < -0.4 is 5.32 Å². The van der Waals surface area contributed by atoms with Gasteiger partial charge in [-0.2, -0.15) is 0 Å². The van der Waals surface area contributed by atoms with E-state index in [0.717, 1.165) is 45.4 Å². The van der Waals surface area contributed by atoms with E-state index in [1.807, 2.05) is 13.3 Å². The topological polar surface area (TPSA) is 94.1 Å². The lowest BCUT2D eigenvalue weighted by Crippen LogP contribution is -2.67. The van der Waals surface area contributed by atoms with Crippen molar-refractivity contribution in [1.29, 1.82) is 0 Å². The molecule has 7 nitrogen and oxygen atoms in total. The zero-order valence-electron chi connectivity index (χ0n) is 31.9. The van der Waals surface area contributed by atoms with Crippen molar-refractivity contribution in [1.82, 2.24) is 5.32 Å². The number of fused-ring (bicyclic) bond motifs is 5. The van der Waals surface area contributed by atoms with Crippen LogP contribution >= 0.6 is 0 Å². The van der Waals surface area contributed by atoms with Crippen molar-refractivity contribution in [3.05, 3.63) is 24.0 Å². The predicted octanol–water partition coefficient (Wildman–Crippen LogP) is 8.22. The van der Waals surface area contributed by atoms with E-state index in [1.165, 1.54) is 5.57 Å². The Morgan fingerprint density at radius 1 is 1.15 bits per heavy atom. The summed E-state index contributed by atoms with van der Waals surface area (Å²) in [4.78, 5) is 23.7. The third-order valence-electron chi connectivity index (χ3n) is 14.9. The second-order valence-corrected chi connectivity index (χ2v) is 17.5. The first-order valence-electron chi connectivity index (χ1n) is 18.5. The number of ketones is 1. The molecule has 2 N–H and O–H groups in total. The van der Waals surface area contributed by atoms with Gasteiger partial charge in [-0.1, -0.05) is 67.9 Å². The van der Waals surface area contributed by atoms with Crippen LogP contribution in [0.5, 0.6) is 0 Å². The van der Waals surface area contributed by atoms with Gasteiger partial charge in [0.2, 0.25) is 0 Å². The molecule has 2 saturated carbocycles. The van der Waals surface area contributed by atoms with Gasteiger partial charge in [0.1, 0.15) is 5.60 Å². The van der Waals surface area contributed by atoms with Crippen molar-refractivity contribution in [2.75, 3.05) is 20.3 Å². The molecule has 11 atom stereocenters. The van der Waals surface area contributed by atoms with E-state index in [4.69, 9.17) is 24.1 Å². The summed E-state index contributed by atoms with van der Waals surface area (Å²) in [5, 5.41) is 10.9. The number of nitrogens with one attached hydrogen (secondary N) is 1. The smallest absolute Gasteiger partial charge is 0.300 e. The van der Waals surface area contributed by atoms with Crippen LogP contribution in [0.15, 0.2) is 24.0 Å². The van der Waals surface area contributed by atoms with Crippen molar-refractivity contribution in [2.24, 2.45) is 51.2 Å². The number of aliphatic carboxylic acids is 1. The van der Waals surface area contributed by atoms with E-state index in [2.05, 4.69) is 93.6 Å². The molecule has 2 aliphatic heterocycles. The first-order valence-corrected chi connectivity index (χ1v) is 18.5. The van der Waals surface area contributed by atoms with E-state index in [9.17, 15) is 4.79 Å². The van der Waals surface area contributed by atoms with Crippen LogP contribution in [0.2, 0.25) is 0 Å². The van der Waals surface area contributed by atoms with E-state index in [0.29, 0.717) is 48.6 Å². The van der Waals surface area contributed by atoms with Crippen LogP contribution in [0.1, 0.15) is 122 Å². The number of ether oxygens (including phenoxy) is 3. The molecule has 7 heteroatoms. The van der Waals surface area contributed by atoms with Gasteiger partial charge in [0, 0.05) is 29.7 Å². The Morgan fingerprint density at radius 2 is 1.79 bits per heavy atom. The zero-order valence-corrected chi connectivity index (χ0v) is 31.9. The van der Waals surface area contributed by atoms with Gasteiger partial charge < -0.3 is 24.6 Å². The van der Waals surface area contributed by atoms with Crippen LogP contribution in [0.4, 0.5) is 0 Å². The quantitative estimate of drug-likeness (QED) is 0.258. The summed E-state index contributed by atoms with van der Waals surface area (Å²) in [6, 6.07) is 0. The monoisotopic (exact) mass is 657 g/mol. The third kappa shape index (κ3) is 5.86. The lowest BCUT2D eigenvalue weighted by Gasteiger charge is -2.68. The second-order valence-electron chi connectivity index (χ2n) is 17.5. The van der Waals surface area contributed by atoms with Gasteiger partial charge in [-0.05, 0) is 100 Å². The molecule has 5 rings (SSSR count). The molecule has 3 fully saturated rings. The Hall–Kier alpha value is -1.70. The highest BCUT2D eigenvalue weighted by molar-refractivity contribution is 5.99. The Balaban J connectivity index is 0.00000118. The zero-order chi connectivity index (χ0) is 35.4. The van der Waals surface area contributed by atoms with Crippen LogP contribution in [0, 0.1) is 51.2 Å². The molecule has 47 heavy (non-hydrogen) atoms. The Kier molecular flexibility index (Phi) is 10.7. The van der Waals surface area contributed by atoms with E-state index in [-0.39, 0.29) is 39.6 Å². The number of carboxylic acid groups (broad SMARTS) is 1. The Morgan fingerprint density at radius 3 is 2.34 bits per heavy atom. The molecular weight excluding hydrogens is 590 g/mol. The van der Waals surface area contributed by atoms with E-state index < -0.39 is 11.4 Å². The number of carboxylic acids is 1. The largest absolute Gasteiger partial charge is 0.495 e. The fourth-order valence-electron chi connectivity index (χ4n) is 10.7. The minimum atomic E-state index is -0.833. The van der Waals surface area contributed by atoms with Crippen molar-refractivity contribution >= 4 is 11.8 Å². The molecule has 1 saturated heterocycles. The Labute approximate surface area is 286 Å². The standard InChI is InChI=1S/C38H63NO4.C2H4O2/c1-13-32(42-23-35(10,39-12)25(4)5)33(8)22-41-27(7)36(11)29-20-31(40)37-18-19-43-38(21-37,26(6)24(2)3)17-16-34(37,9)28(29)14-15-30(33)36;1-2(3)4/h18-20,24-28,30,32,39H,13-17,21-23H2,1-12H3;1H3,(H,3,4)/t26-,27?,28?,30?,32?,33+,34?,35+,36?,37-,38-;/m1./s1. The minimum absolute atomic E-state index is 0.0506. The number of hydrogen-bond donors (Lipinski definition) is 2. The highest BCUT2D eigenvalue weighted by atomic mass is 16.5. The first kappa shape index (κ1) is 38.1. The summed E-state index contributed by atoms with van der Waals surface area (Å²) in [7, 11) is 2.04. The number of hydrogen-bond acceptors (Lipinski definition) is 6. The number of carbonyl (C=O) groups excluding carboxylic acids is 1. The van der Waals surface area contributed by atoms with Crippen molar-refractivity contribution in [3.8, 4) is 0 Å². The summed E-state index contributed by atoms with van der Waals surface area (Å²) in [6.45, 7) is 28.0. The molecule has 0 aromatic carbocycles. The Bertz CT molecular complexity index is 1240. The molecular formula is C40H67NO6. The summed E-state index contributed by atoms with van der Waals surface area (Å²) < 4.78 is 20.2. The molecule has 0 aromatic rings. The molecule has 0 radical (unpaired) electrons. The lowest BCUT2D eigenvalue weighted by molar-refractivity contribution is -0.228. The summed E-state index contributed by atoms with van der Waals surface area (Å²) >= 11 is 0. The second kappa shape index (κ2) is 13.2. The molecule has 3 aliphatic carbocycles. The SMILES string of the molecule is CC(=O)O.CCC(OC[C@](C)(NC)C(C)C)[C@@]1(C)COC(C)C2(C)C3=CC(=O)[C@]45C=CO[C@]([C@H](C)C(C)C)(CCC4(C)C3CCC21)C5. The summed E-state index contributed by atoms with van der Waals surface area (Å²) in [5.74, 6) is 1.57. The molecule has 2 bridgehead atoms. The third-order valence-corrected chi connectivity index (χ3v) is 14.9. The summed E-state index contributed by atoms with van der Waals surface area (Å²) in [6.07, 6.45) is 12.4. The van der Waals surface area contributed by atoms with Gasteiger partial charge in [-0.3, -0.25) is 9.59 Å². The van der Waals surface area contributed by atoms with Crippen molar-refractivity contribution < 1.29 is 28.9 Å². The van der Waals surface area contributed by atoms with E-state index >= 15 is 0 Å². The number of rotatable bonds is 9. The van der Waals surface area contributed by atoms with E-state index in [1.54, 1.807) is 0 Å². The molecule has 1 spiro atoms. The van der Waals surface area contributed by atoms with Gasteiger partial charge in [0.25, 0.3) is 5.97 Å². The highest BCUT2D eigenvalue weighted by Crippen LogP contribution is 2.72. The summed E-state index contributed by atoms with van der Waals surface area (Å²) in [5.41, 5.74) is 0.0502. The normalized spacial score (nSPS) is 41.6. The molecule has 0 amide bonds. The number of carbonyl (C=O) groups is 2. The fraction of sp³-hybridized carbons (Fsp3) is 0.850. The van der Waals surface area contributed by atoms with Gasteiger partial charge >= 0.3 is 0 Å². The van der Waals surface area contributed by atoms with Crippen LogP contribution in [0.25, 0.3) is 0 Å². The maximum absolute atomic E-state index is 14.7. The maximum Gasteiger partial charge on any atom is 0.300 e. The molecule has 2 heterocycles. The van der Waals surface area contributed by atoms with Gasteiger partial charge in [0.15, 0.2) is 5.78 Å². The molecule has 0 aromatic heterocycles. The van der Waals surface area contributed by atoms with Gasteiger partial charge in [-0.15, -0.1) is 0 Å². The minimum Gasteiger partial charge on any atom is -0.495 e. The predicted molar refractivity (Wildman–Crippen MR) is 188 cm³/mol. The first-order chi connectivity index (χ1) is 21.7. The van der Waals surface area contributed by atoms with Gasteiger partial charge in [-0.25, -0.2) is 0 Å². The maximum atomic E-state index is 14.7. The molecule has 5 aliphatic rings. The lowest BCUT2D eigenvalue weighted by atomic mass is 9.37. The van der Waals surface area contributed by atoms with Crippen LogP contribution in [-0.4, -0.2) is 60.5 Å². The van der Waals surface area contributed by atoms with Crippen molar-refractivity contribution in [2.45, 2.75) is 145 Å². The average Bonchev–Trinajstić information content (AvgIpc) is 3.00. The van der Waals surface area contributed by atoms with Crippen molar-refractivity contribution in [3.63, 3.8) is 0 Å². The average molecular weight is 658 g/mol. The van der Waals surface area contributed by atoms with Gasteiger partial charge in [0.05, 0.1) is 37.1 Å². The number of allylic oxidation sites excluding steroid dienone is 2. The fourth-order valence-corrected chi connectivity index (χ4v) is 10.7. The molecule has 6 unspecified atom stereocenters. The van der Waals surface area contributed by atoms with Crippen LogP contribution in [-0.2, 0) is 23.8 Å². The number of likely N-dealkylation sites (N-methyl/N-ethyl adjacent to an activating group) is 1. The molecule has 268 valence electrons.